The van der Waals surface area contributed by atoms with Crippen molar-refractivity contribution in [3.05, 3.63) is 59.5 Å². The third kappa shape index (κ3) is 4.48. The van der Waals surface area contributed by atoms with Gasteiger partial charge in [0.15, 0.2) is 5.76 Å². The van der Waals surface area contributed by atoms with Crippen LogP contribution in [0.1, 0.15) is 39.3 Å². The molecule has 1 unspecified atom stereocenters. The smallest absolute Gasteiger partial charge is 0.338 e. The maximum Gasteiger partial charge on any atom is 0.338 e. The second kappa shape index (κ2) is 7.98. The highest BCUT2D eigenvalue weighted by atomic mass is 16.5. The van der Waals surface area contributed by atoms with Gasteiger partial charge in [0.2, 0.25) is 0 Å². The van der Waals surface area contributed by atoms with Gasteiger partial charge in [-0.25, -0.2) is 4.79 Å². The standard InChI is InChI=1S/C19H21NO5/c21-18(17-11-15(13-25-17)19(22)23)20-9-8-16(12-20)24-10-4-7-14-5-2-1-3-6-14/h1-3,5-6,11,13,16H,4,7-10,12H2,(H,22,23). The molecule has 1 N–H and O–H groups in total. The van der Waals surface area contributed by atoms with E-state index in [1.54, 1.807) is 4.90 Å². The lowest BCUT2D eigenvalue weighted by atomic mass is 10.1. The number of hydrogen-bond acceptors (Lipinski definition) is 4. The Labute approximate surface area is 146 Å². The predicted octanol–water partition coefficient (Wildman–Crippen LogP) is 2.84. The summed E-state index contributed by atoms with van der Waals surface area (Å²) in [6, 6.07) is 11.5. The molecule has 0 radical (unpaired) electrons. The second-order valence-corrected chi connectivity index (χ2v) is 6.13. The summed E-state index contributed by atoms with van der Waals surface area (Å²) in [6.45, 7) is 1.75. The van der Waals surface area contributed by atoms with Gasteiger partial charge in [0.25, 0.3) is 5.91 Å². The summed E-state index contributed by atoms with van der Waals surface area (Å²) in [5.41, 5.74) is 1.28. The van der Waals surface area contributed by atoms with E-state index in [2.05, 4.69) is 12.1 Å². The van der Waals surface area contributed by atoms with Crippen LogP contribution < -0.4 is 0 Å². The summed E-state index contributed by atoms with van der Waals surface area (Å²) in [4.78, 5) is 24.8. The van der Waals surface area contributed by atoms with E-state index in [4.69, 9.17) is 14.3 Å². The number of carbonyl (C=O) groups excluding carboxylic acids is 1. The van der Waals surface area contributed by atoms with E-state index in [1.165, 1.54) is 11.6 Å². The molecule has 1 fully saturated rings. The minimum Gasteiger partial charge on any atom is -0.478 e. The minimum absolute atomic E-state index is 0.0174. The van der Waals surface area contributed by atoms with E-state index in [9.17, 15) is 9.59 Å². The zero-order chi connectivity index (χ0) is 17.6. The van der Waals surface area contributed by atoms with Gasteiger partial charge < -0.3 is 19.2 Å². The van der Waals surface area contributed by atoms with Gasteiger partial charge in [0, 0.05) is 25.8 Å². The van der Waals surface area contributed by atoms with Gasteiger partial charge in [-0.15, -0.1) is 0 Å². The van der Waals surface area contributed by atoms with Gasteiger partial charge in [0.05, 0.1) is 11.7 Å². The lowest BCUT2D eigenvalue weighted by Gasteiger charge is -2.15. The molecule has 6 nitrogen and oxygen atoms in total. The summed E-state index contributed by atoms with van der Waals surface area (Å²) in [5.74, 6) is -1.34. The van der Waals surface area contributed by atoms with Crippen molar-refractivity contribution >= 4 is 11.9 Å². The number of ether oxygens (including phenoxy) is 1. The van der Waals surface area contributed by atoms with Gasteiger partial charge in [-0.05, 0) is 24.8 Å². The normalized spacial score (nSPS) is 17.0. The van der Waals surface area contributed by atoms with Crippen LogP contribution in [-0.4, -0.2) is 47.7 Å². The average molecular weight is 343 g/mol. The molecule has 2 heterocycles. The Balaban J connectivity index is 1.42. The zero-order valence-corrected chi connectivity index (χ0v) is 13.9. The highest BCUT2D eigenvalue weighted by Crippen LogP contribution is 2.18. The fourth-order valence-electron chi connectivity index (χ4n) is 2.94. The SMILES string of the molecule is O=C(O)c1coc(C(=O)N2CCC(OCCCc3ccccc3)C2)c1. The second-order valence-electron chi connectivity index (χ2n) is 6.13. The molecule has 1 aromatic heterocycles. The van der Waals surface area contributed by atoms with Gasteiger partial charge in [-0.2, -0.15) is 0 Å². The van der Waals surface area contributed by atoms with E-state index in [0.717, 1.165) is 25.5 Å². The van der Waals surface area contributed by atoms with Crippen LogP contribution in [0.15, 0.2) is 47.1 Å². The maximum absolute atomic E-state index is 12.3. The quantitative estimate of drug-likeness (QED) is 0.782. The Hall–Kier alpha value is -2.60. The highest BCUT2D eigenvalue weighted by Gasteiger charge is 2.29. The van der Waals surface area contributed by atoms with Crippen molar-refractivity contribution in [3.8, 4) is 0 Å². The number of carboxylic acids is 1. The molecule has 1 saturated heterocycles. The molecule has 0 aliphatic carbocycles. The Morgan fingerprint density at radius 1 is 1.28 bits per heavy atom. The van der Waals surface area contributed by atoms with Crippen LogP contribution >= 0.6 is 0 Å². The summed E-state index contributed by atoms with van der Waals surface area (Å²) in [5, 5.41) is 8.89. The molecule has 1 atom stereocenters. The third-order valence-electron chi connectivity index (χ3n) is 4.30. The number of carbonyl (C=O) groups is 2. The number of furan rings is 1. The fraction of sp³-hybridized carbons (Fsp3) is 0.368. The van der Waals surface area contributed by atoms with Gasteiger partial charge in [-0.3, -0.25) is 4.79 Å². The topological polar surface area (TPSA) is 80.0 Å². The van der Waals surface area contributed by atoms with Crippen LogP contribution in [0.5, 0.6) is 0 Å². The van der Waals surface area contributed by atoms with Crippen molar-refractivity contribution in [2.24, 2.45) is 0 Å². The van der Waals surface area contributed by atoms with Gasteiger partial charge in [0.1, 0.15) is 6.26 Å². The molecule has 25 heavy (non-hydrogen) atoms. The molecule has 0 bridgehead atoms. The minimum atomic E-state index is -1.11. The van der Waals surface area contributed by atoms with Crippen LogP contribution in [0, 0.1) is 0 Å². The predicted molar refractivity (Wildman–Crippen MR) is 90.7 cm³/mol. The number of amides is 1. The van der Waals surface area contributed by atoms with Crippen LogP contribution in [0.3, 0.4) is 0 Å². The molecular weight excluding hydrogens is 322 g/mol. The molecule has 2 aromatic rings. The highest BCUT2D eigenvalue weighted by molar-refractivity contribution is 5.95. The number of rotatable bonds is 7. The molecule has 1 aromatic carbocycles. The molecule has 0 spiro atoms. The summed E-state index contributed by atoms with van der Waals surface area (Å²) >= 11 is 0. The van der Waals surface area contributed by atoms with E-state index < -0.39 is 5.97 Å². The molecule has 1 aliphatic rings. The maximum atomic E-state index is 12.3. The largest absolute Gasteiger partial charge is 0.478 e. The van der Waals surface area contributed by atoms with E-state index >= 15 is 0 Å². The van der Waals surface area contributed by atoms with Crippen molar-refractivity contribution in [1.29, 1.82) is 0 Å². The molecule has 1 aliphatic heterocycles. The number of benzene rings is 1. The Bertz CT molecular complexity index is 724. The molecule has 0 saturated carbocycles. The van der Waals surface area contributed by atoms with Gasteiger partial charge in [-0.1, -0.05) is 30.3 Å². The molecule has 132 valence electrons. The number of aryl methyl sites for hydroxylation is 1. The van der Waals surface area contributed by atoms with Crippen LogP contribution in [-0.2, 0) is 11.2 Å². The number of aromatic carboxylic acids is 1. The van der Waals surface area contributed by atoms with E-state index in [-0.39, 0.29) is 23.3 Å². The first-order chi connectivity index (χ1) is 12.1. The van der Waals surface area contributed by atoms with Crippen LogP contribution in [0.2, 0.25) is 0 Å². The first-order valence-electron chi connectivity index (χ1n) is 8.40. The van der Waals surface area contributed by atoms with Crippen molar-refractivity contribution in [1.82, 2.24) is 4.90 Å². The van der Waals surface area contributed by atoms with Crippen LogP contribution in [0.25, 0.3) is 0 Å². The number of nitrogens with zero attached hydrogens (tertiary/aromatic N) is 1. The van der Waals surface area contributed by atoms with E-state index in [0.29, 0.717) is 19.7 Å². The van der Waals surface area contributed by atoms with Crippen molar-refractivity contribution in [3.63, 3.8) is 0 Å². The molecular formula is C19H21NO5. The lowest BCUT2D eigenvalue weighted by Crippen LogP contribution is -2.30. The molecule has 1 amide bonds. The summed E-state index contributed by atoms with van der Waals surface area (Å²) in [7, 11) is 0. The molecule has 3 rings (SSSR count). The summed E-state index contributed by atoms with van der Waals surface area (Å²) < 4.78 is 10.9. The average Bonchev–Trinajstić information content (AvgIpc) is 3.29. The Morgan fingerprint density at radius 3 is 2.80 bits per heavy atom. The zero-order valence-electron chi connectivity index (χ0n) is 13.9. The van der Waals surface area contributed by atoms with E-state index in [1.807, 2.05) is 18.2 Å². The first-order valence-corrected chi connectivity index (χ1v) is 8.40. The fourth-order valence-corrected chi connectivity index (χ4v) is 2.94. The van der Waals surface area contributed by atoms with Crippen LogP contribution in [0.4, 0.5) is 0 Å². The van der Waals surface area contributed by atoms with Crippen molar-refractivity contribution in [2.45, 2.75) is 25.4 Å². The Kier molecular flexibility index (Phi) is 5.50. The monoisotopic (exact) mass is 343 g/mol. The summed E-state index contributed by atoms with van der Waals surface area (Å²) in [6.07, 6.45) is 3.80. The molecule has 6 heteroatoms. The third-order valence-corrected chi connectivity index (χ3v) is 4.30. The number of carboxylic acid groups (broad SMARTS) is 1. The Morgan fingerprint density at radius 2 is 2.08 bits per heavy atom. The lowest BCUT2D eigenvalue weighted by molar-refractivity contribution is 0.0514. The first kappa shape index (κ1) is 17.2. The number of likely N-dealkylation sites (tertiary alicyclic amines) is 1. The number of hydrogen-bond donors (Lipinski definition) is 1. The van der Waals surface area contributed by atoms with Gasteiger partial charge >= 0.3 is 5.97 Å². The van der Waals surface area contributed by atoms with Crippen molar-refractivity contribution in [2.75, 3.05) is 19.7 Å². The van der Waals surface area contributed by atoms with Crippen molar-refractivity contribution < 1.29 is 23.8 Å².